The van der Waals surface area contributed by atoms with Crippen molar-refractivity contribution in [3.8, 4) is 5.75 Å². The van der Waals surface area contributed by atoms with E-state index in [1.54, 1.807) is 49.9 Å². The van der Waals surface area contributed by atoms with Crippen LogP contribution in [0.15, 0.2) is 59.5 Å². The van der Waals surface area contributed by atoms with Crippen molar-refractivity contribution in [2.75, 3.05) is 39.5 Å². The molecule has 1 amide bonds. The Morgan fingerprint density at radius 3 is 2.38 bits per heavy atom. The Bertz CT molecular complexity index is 1510. The molecule has 0 radical (unpaired) electrons. The van der Waals surface area contributed by atoms with Gasteiger partial charge in [-0.15, -0.1) is 0 Å². The lowest BCUT2D eigenvalue weighted by molar-refractivity contribution is -0.154. The second kappa shape index (κ2) is 11.3. The van der Waals surface area contributed by atoms with Crippen molar-refractivity contribution >= 4 is 32.4 Å². The van der Waals surface area contributed by atoms with Gasteiger partial charge in [-0.05, 0) is 71.3 Å². The zero-order valence-electron chi connectivity index (χ0n) is 23.7. The number of aryl methyl sites for hydroxylation is 1. The standard InChI is InChI=1S/C30H37N3O6S/c1-21-14-22(26-8-6-7-9-27(26)31-21)17-39-24-10-12-25(13-11-24)40(37,38)20-30(15-23(35)16-34)18-33(19-30)28(36)29(2,3)32(4)5/h6-14,34H,15-20H2,1-5H3. The Morgan fingerprint density at radius 2 is 1.75 bits per heavy atom. The Kier molecular flexibility index (Phi) is 8.35. The highest BCUT2D eigenvalue weighted by atomic mass is 32.2. The molecule has 0 saturated carbocycles. The molecule has 0 spiro atoms. The molecule has 0 bridgehead atoms. The van der Waals surface area contributed by atoms with Gasteiger partial charge in [-0.3, -0.25) is 19.5 Å². The number of aliphatic hydroxyl groups excluding tert-OH is 1. The normalized spacial score (nSPS) is 15.2. The molecule has 3 aromatic rings. The second-order valence-electron chi connectivity index (χ2n) is 11.4. The number of ketones is 1. The largest absolute Gasteiger partial charge is 0.489 e. The van der Waals surface area contributed by atoms with E-state index in [-0.39, 0.29) is 36.1 Å². The molecule has 4 rings (SSSR count). The minimum absolute atomic E-state index is 0.110. The molecule has 1 N–H and O–H groups in total. The lowest BCUT2D eigenvalue weighted by Crippen LogP contribution is -2.66. The quantitative estimate of drug-likeness (QED) is 0.376. The van der Waals surface area contributed by atoms with E-state index < -0.39 is 33.2 Å². The van der Waals surface area contributed by atoms with Gasteiger partial charge in [0.05, 0.1) is 21.7 Å². The summed E-state index contributed by atoms with van der Waals surface area (Å²) in [5.74, 6) is -0.369. The van der Waals surface area contributed by atoms with Gasteiger partial charge in [-0.1, -0.05) is 18.2 Å². The van der Waals surface area contributed by atoms with Gasteiger partial charge in [0.2, 0.25) is 5.91 Å². The number of likely N-dealkylation sites (N-methyl/N-ethyl adjacent to an activating group) is 1. The summed E-state index contributed by atoms with van der Waals surface area (Å²) in [7, 11) is -0.190. The molecule has 1 aliphatic rings. The van der Waals surface area contributed by atoms with Crippen molar-refractivity contribution < 1.29 is 27.9 Å². The first-order chi connectivity index (χ1) is 18.8. The number of hydrogen-bond donors (Lipinski definition) is 1. The average molecular weight is 568 g/mol. The van der Waals surface area contributed by atoms with Crippen molar-refractivity contribution in [3.05, 3.63) is 65.9 Å². The maximum atomic E-state index is 13.4. The van der Waals surface area contributed by atoms with E-state index >= 15 is 0 Å². The van der Waals surface area contributed by atoms with E-state index in [2.05, 4.69) is 4.98 Å². The number of fused-ring (bicyclic) bond motifs is 1. The summed E-state index contributed by atoms with van der Waals surface area (Å²) in [6.45, 7) is 5.42. The van der Waals surface area contributed by atoms with Gasteiger partial charge in [0.15, 0.2) is 15.6 Å². The minimum Gasteiger partial charge on any atom is -0.489 e. The molecule has 1 aromatic heterocycles. The van der Waals surface area contributed by atoms with Gasteiger partial charge in [0.1, 0.15) is 19.0 Å². The van der Waals surface area contributed by atoms with Gasteiger partial charge < -0.3 is 14.7 Å². The molecule has 10 heteroatoms. The predicted molar refractivity (Wildman–Crippen MR) is 153 cm³/mol. The number of likely N-dealkylation sites (tertiary alicyclic amines) is 1. The molecule has 1 fully saturated rings. The van der Waals surface area contributed by atoms with Crippen LogP contribution in [0.25, 0.3) is 10.9 Å². The van der Waals surface area contributed by atoms with E-state index in [1.165, 1.54) is 12.1 Å². The number of carbonyl (C=O) groups is 2. The molecule has 2 heterocycles. The predicted octanol–water partition coefficient (Wildman–Crippen LogP) is 3.02. The van der Waals surface area contributed by atoms with E-state index in [4.69, 9.17) is 4.74 Å². The number of carbonyl (C=O) groups excluding carboxylic acids is 2. The highest BCUT2D eigenvalue weighted by molar-refractivity contribution is 7.91. The van der Waals surface area contributed by atoms with Crippen LogP contribution in [0.4, 0.5) is 0 Å². The lowest BCUT2D eigenvalue weighted by Gasteiger charge is -2.52. The van der Waals surface area contributed by atoms with Crippen LogP contribution in [-0.4, -0.2) is 85.1 Å². The first-order valence-corrected chi connectivity index (χ1v) is 14.8. The summed E-state index contributed by atoms with van der Waals surface area (Å²) in [4.78, 5) is 33.3. The molecule has 2 aromatic carbocycles. The molecule has 40 heavy (non-hydrogen) atoms. The summed E-state index contributed by atoms with van der Waals surface area (Å²) >= 11 is 0. The number of benzene rings is 2. The van der Waals surface area contributed by atoms with E-state index in [0.717, 1.165) is 22.2 Å². The molecule has 0 unspecified atom stereocenters. The number of sulfone groups is 1. The molecule has 0 atom stereocenters. The highest BCUT2D eigenvalue weighted by Gasteiger charge is 2.51. The summed E-state index contributed by atoms with van der Waals surface area (Å²) in [5.41, 5.74) is 1.03. The van der Waals surface area contributed by atoms with Gasteiger partial charge in [0, 0.05) is 41.6 Å². The zero-order valence-corrected chi connectivity index (χ0v) is 24.5. The fourth-order valence-electron chi connectivity index (χ4n) is 5.12. The maximum Gasteiger partial charge on any atom is 0.242 e. The fraction of sp³-hybridized carbons (Fsp3) is 0.433. The third kappa shape index (κ3) is 6.19. The number of para-hydroxylation sites is 1. The van der Waals surface area contributed by atoms with Crippen LogP contribution in [0, 0.1) is 12.3 Å². The van der Waals surface area contributed by atoms with Crippen LogP contribution in [0.3, 0.4) is 0 Å². The van der Waals surface area contributed by atoms with Crippen molar-refractivity contribution in [2.24, 2.45) is 5.41 Å². The summed E-state index contributed by atoms with van der Waals surface area (Å²) in [5, 5.41) is 10.3. The fourth-order valence-corrected chi connectivity index (χ4v) is 6.93. The Hall–Kier alpha value is -3.34. The van der Waals surface area contributed by atoms with Crippen molar-refractivity contribution in [3.63, 3.8) is 0 Å². The summed E-state index contributed by atoms with van der Waals surface area (Å²) in [6, 6.07) is 16.0. The molecule has 1 saturated heterocycles. The molecule has 1 aliphatic heterocycles. The smallest absolute Gasteiger partial charge is 0.242 e. The van der Waals surface area contributed by atoms with Crippen molar-refractivity contribution in [1.29, 1.82) is 0 Å². The van der Waals surface area contributed by atoms with Gasteiger partial charge in [0.25, 0.3) is 0 Å². The number of nitrogens with zero attached hydrogens (tertiary/aromatic N) is 3. The zero-order chi connectivity index (χ0) is 29.3. The monoisotopic (exact) mass is 567 g/mol. The van der Waals surface area contributed by atoms with Crippen molar-refractivity contribution in [1.82, 2.24) is 14.8 Å². The first-order valence-electron chi connectivity index (χ1n) is 13.2. The number of amides is 1. The minimum atomic E-state index is -3.80. The van der Waals surface area contributed by atoms with Gasteiger partial charge in [-0.2, -0.15) is 0 Å². The number of aromatic nitrogens is 1. The van der Waals surface area contributed by atoms with E-state index in [9.17, 15) is 23.1 Å². The third-order valence-corrected chi connectivity index (χ3v) is 9.72. The maximum absolute atomic E-state index is 13.4. The Balaban J connectivity index is 1.47. The topological polar surface area (TPSA) is 117 Å². The second-order valence-corrected chi connectivity index (χ2v) is 13.4. The summed E-state index contributed by atoms with van der Waals surface area (Å²) < 4.78 is 32.8. The van der Waals surface area contributed by atoms with Crippen molar-refractivity contribution in [2.45, 2.75) is 44.2 Å². The van der Waals surface area contributed by atoms with Crippen LogP contribution in [-0.2, 0) is 26.0 Å². The third-order valence-electron chi connectivity index (χ3n) is 7.73. The summed E-state index contributed by atoms with van der Waals surface area (Å²) in [6.07, 6.45) is -0.116. The van der Waals surface area contributed by atoms with Gasteiger partial charge >= 0.3 is 0 Å². The number of ether oxygens (including phenoxy) is 1. The van der Waals surface area contributed by atoms with Crippen LogP contribution < -0.4 is 4.74 Å². The number of Topliss-reactive ketones (excluding diaryl/α,β-unsaturated/α-hetero) is 1. The van der Waals surface area contributed by atoms with Crippen LogP contribution in [0.1, 0.15) is 31.5 Å². The SMILES string of the molecule is Cc1cc(COc2ccc(S(=O)(=O)CC3(CC(=O)CO)CN(C(=O)C(C)(C)N(C)C)C3)cc2)c2ccccc2n1. The van der Waals surface area contributed by atoms with Crippen LogP contribution in [0.5, 0.6) is 5.75 Å². The van der Waals surface area contributed by atoms with Gasteiger partial charge in [-0.25, -0.2) is 8.42 Å². The van der Waals surface area contributed by atoms with E-state index in [1.807, 2.05) is 37.3 Å². The molecular weight excluding hydrogens is 530 g/mol. The molecule has 214 valence electrons. The number of rotatable bonds is 11. The molecular formula is C30H37N3O6S. The Labute approximate surface area is 235 Å². The molecule has 9 nitrogen and oxygen atoms in total. The first kappa shape index (κ1) is 29.6. The number of aliphatic hydroxyl groups is 1. The highest BCUT2D eigenvalue weighted by Crippen LogP contribution is 2.39. The number of hydrogen-bond acceptors (Lipinski definition) is 8. The molecule has 0 aliphatic carbocycles. The van der Waals surface area contributed by atoms with Crippen LogP contribution >= 0.6 is 0 Å². The lowest BCUT2D eigenvalue weighted by atomic mass is 9.76. The van der Waals surface area contributed by atoms with E-state index in [0.29, 0.717) is 12.4 Å². The number of pyridine rings is 1. The van der Waals surface area contributed by atoms with Crippen LogP contribution in [0.2, 0.25) is 0 Å². The Morgan fingerprint density at radius 1 is 1.10 bits per heavy atom. The average Bonchev–Trinajstić information content (AvgIpc) is 2.89.